The van der Waals surface area contributed by atoms with Crippen LogP contribution in [0.3, 0.4) is 0 Å². The number of hydrogen-bond donors (Lipinski definition) is 1. The molecule has 1 aliphatic heterocycles. The Morgan fingerprint density at radius 1 is 1.20 bits per heavy atom. The van der Waals surface area contributed by atoms with Crippen molar-refractivity contribution in [2.45, 2.75) is 45.2 Å². The Labute approximate surface area is 154 Å². The zero-order valence-corrected chi connectivity index (χ0v) is 15.5. The lowest BCUT2D eigenvalue weighted by molar-refractivity contribution is -0.145. The maximum absolute atomic E-state index is 11.9. The molecular formula is C21H24ClNO2. The molecule has 132 valence electrons. The van der Waals surface area contributed by atoms with Gasteiger partial charge in [0.25, 0.3) is 0 Å². The molecule has 1 N–H and O–H groups in total. The maximum Gasteiger partial charge on any atom is 0.320 e. The van der Waals surface area contributed by atoms with Crippen molar-refractivity contribution in [3.05, 3.63) is 69.7 Å². The number of aryl methyl sites for hydroxylation is 2. The molecule has 1 fully saturated rings. The van der Waals surface area contributed by atoms with Gasteiger partial charge in [0, 0.05) is 5.02 Å². The molecule has 2 unspecified atom stereocenters. The van der Waals surface area contributed by atoms with Crippen LogP contribution in [-0.4, -0.2) is 28.6 Å². The van der Waals surface area contributed by atoms with Crippen molar-refractivity contribution in [3.63, 3.8) is 0 Å². The summed E-state index contributed by atoms with van der Waals surface area (Å²) in [5.41, 5.74) is 4.56. The van der Waals surface area contributed by atoms with Crippen LogP contribution in [0.4, 0.5) is 0 Å². The van der Waals surface area contributed by atoms with Gasteiger partial charge in [-0.3, -0.25) is 9.69 Å². The number of piperidine rings is 1. The molecule has 0 aliphatic carbocycles. The third-order valence-electron chi connectivity index (χ3n) is 5.05. The predicted octanol–water partition coefficient (Wildman–Crippen LogP) is 4.99. The molecule has 1 saturated heterocycles. The molecule has 2 atom stereocenters. The van der Waals surface area contributed by atoms with Gasteiger partial charge >= 0.3 is 5.97 Å². The van der Waals surface area contributed by atoms with E-state index < -0.39 is 12.0 Å². The summed E-state index contributed by atoms with van der Waals surface area (Å²) in [5, 5.41) is 10.4. The van der Waals surface area contributed by atoms with Crippen molar-refractivity contribution in [1.29, 1.82) is 0 Å². The minimum Gasteiger partial charge on any atom is -0.480 e. The summed E-state index contributed by atoms with van der Waals surface area (Å²) in [7, 11) is 0. The van der Waals surface area contributed by atoms with Gasteiger partial charge in [-0.25, -0.2) is 0 Å². The summed E-state index contributed by atoms with van der Waals surface area (Å²) in [6.07, 6.45) is 2.67. The number of carboxylic acid groups (broad SMARTS) is 1. The third-order valence-corrected chi connectivity index (χ3v) is 5.29. The third kappa shape index (κ3) is 3.88. The average molecular weight is 358 g/mol. The van der Waals surface area contributed by atoms with Gasteiger partial charge in [0.2, 0.25) is 0 Å². The summed E-state index contributed by atoms with van der Waals surface area (Å²) >= 11 is 6.25. The van der Waals surface area contributed by atoms with Crippen LogP contribution in [0.15, 0.2) is 42.5 Å². The van der Waals surface area contributed by atoms with Crippen molar-refractivity contribution in [1.82, 2.24) is 4.90 Å². The van der Waals surface area contributed by atoms with Crippen molar-refractivity contribution < 1.29 is 9.90 Å². The second-order valence-electron chi connectivity index (χ2n) is 6.91. The van der Waals surface area contributed by atoms with Crippen LogP contribution in [0.25, 0.3) is 0 Å². The van der Waals surface area contributed by atoms with Crippen LogP contribution in [0.1, 0.15) is 47.6 Å². The highest BCUT2D eigenvalue weighted by Gasteiger charge is 2.35. The van der Waals surface area contributed by atoms with Crippen molar-refractivity contribution in [2.24, 2.45) is 0 Å². The van der Waals surface area contributed by atoms with Gasteiger partial charge in [-0.1, -0.05) is 53.9 Å². The van der Waals surface area contributed by atoms with Gasteiger partial charge in [0.1, 0.15) is 6.04 Å². The Hall–Kier alpha value is -1.84. The van der Waals surface area contributed by atoms with E-state index in [1.807, 2.05) is 24.3 Å². The Kier molecular flexibility index (Phi) is 5.45. The molecule has 1 aliphatic rings. The lowest BCUT2D eigenvalue weighted by Crippen LogP contribution is -2.47. The van der Waals surface area contributed by atoms with Gasteiger partial charge in [-0.2, -0.15) is 0 Å². The summed E-state index contributed by atoms with van der Waals surface area (Å²) in [5.74, 6) is -0.739. The fourth-order valence-electron chi connectivity index (χ4n) is 3.81. The van der Waals surface area contributed by atoms with E-state index in [-0.39, 0.29) is 6.04 Å². The number of likely N-dealkylation sites (tertiary alicyclic amines) is 1. The van der Waals surface area contributed by atoms with E-state index in [2.05, 4.69) is 36.9 Å². The molecule has 3 nitrogen and oxygen atoms in total. The van der Waals surface area contributed by atoms with E-state index in [9.17, 15) is 9.90 Å². The molecule has 0 amide bonds. The van der Waals surface area contributed by atoms with Crippen LogP contribution in [-0.2, 0) is 4.79 Å². The maximum atomic E-state index is 11.9. The van der Waals surface area contributed by atoms with Crippen LogP contribution in [0.2, 0.25) is 5.02 Å². The monoisotopic (exact) mass is 357 g/mol. The number of nitrogens with zero attached hydrogens (tertiary/aromatic N) is 1. The molecule has 0 radical (unpaired) electrons. The number of aliphatic carboxylic acids is 1. The van der Waals surface area contributed by atoms with Crippen molar-refractivity contribution >= 4 is 17.6 Å². The molecule has 0 aromatic heterocycles. The Bertz CT molecular complexity index is 774. The number of carboxylic acids is 1. The topological polar surface area (TPSA) is 40.5 Å². The Morgan fingerprint density at radius 3 is 2.72 bits per heavy atom. The summed E-state index contributed by atoms with van der Waals surface area (Å²) in [6.45, 7) is 4.94. The van der Waals surface area contributed by atoms with Crippen LogP contribution in [0, 0.1) is 13.8 Å². The van der Waals surface area contributed by atoms with Crippen molar-refractivity contribution in [3.8, 4) is 0 Å². The normalized spacial score (nSPS) is 19.6. The van der Waals surface area contributed by atoms with Gasteiger partial charge in [0.05, 0.1) is 6.04 Å². The summed E-state index contributed by atoms with van der Waals surface area (Å²) < 4.78 is 0. The quantitative estimate of drug-likeness (QED) is 0.838. The van der Waals surface area contributed by atoms with E-state index in [1.165, 1.54) is 11.1 Å². The lowest BCUT2D eigenvalue weighted by Gasteiger charge is -2.40. The minimum atomic E-state index is -0.739. The first kappa shape index (κ1) is 18.0. The zero-order chi connectivity index (χ0) is 18.0. The first-order valence-electron chi connectivity index (χ1n) is 8.78. The SMILES string of the molecule is Cc1ccc(C)c(C(c2cccc(Cl)c2)N2CCCCC2C(=O)O)c1. The van der Waals surface area contributed by atoms with E-state index >= 15 is 0 Å². The molecular weight excluding hydrogens is 334 g/mol. The number of halogens is 1. The molecule has 2 aromatic rings. The largest absolute Gasteiger partial charge is 0.480 e. The molecule has 0 bridgehead atoms. The molecule has 2 aromatic carbocycles. The van der Waals surface area contributed by atoms with Gasteiger partial charge < -0.3 is 5.11 Å². The van der Waals surface area contributed by atoms with Crippen LogP contribution in [0.5, 0.6) is 0 Å². The fraction of sp³-hybridized carbons (Fsp3) is 0.381. The number of carbonyl (C=O) groups is 1. The second kappa shape index (κ2) is 7.59. The number of hydrogen-bond acceptors (Lipinski definition) is 2. The summed E-state index contributed by atoms with van der Waals surface area (Å²) in [4.78, 5) is 14.0. The number of rotatable bonds is 4. The Morgan fingerprint density at radius 2 is 2.00 bits per heavy atom. The number of benzene rings is 2. The predicted molar refractivity (Wildman–Crippen MR) is 101 cm³/mol. The van der Waals surface area contributed by atoms with E-state index in [0.29, 0.717) is 11.4 Å². The first-order chi connectivity index (χ1) is 12.0. The highest BCUT2D eigenvalue weighted by Crippen LogP contribution is 2.36. The van der Waals surface area contributed by atoms with Gasteiger partial charge in [-0.05, 0) is 62.1 Å². The first-order valence-corrected chi connectivity index (χ1v) is 9.16. The fourth-order valence-corrected chi connectivity index (χ4v) is 4.01. The smallest absolute Gasteiger partial charge is 0.320 e. The zero-order valence-electron chi connectivity index (χ0n) is 14.7. The molecule has 1 heterocycles. The second-order valence-corrected chi connectivity index (χ2v) is 7.34. The van der Waals surface area contributed by atoms with Crippen molar-refractivity contribution in [2.75, 3.05) is 6.54 Å². The van der Waals surface area contributed by atoms with E-state index in [1.54, 1.807) is 0 Å². The average Bonchev–Trinajstić information content (AvgIpc) is 2.59. The molecule has 3 rings (SSSR count). The molecule has 4 heteroatoms. The van der Waals surface area contributed by atoms with Gasteiger partial charge in [0.15, 0.2) is 0 Å². The highest BCUT2D eigenvalue weighted by atomic mass is 35.5. The molecule has 0 spiro atoms. The summed E-state index contributed by atoms with van der Waals surface area (Å²) in [6, 6.07) is 13.6. The van der Waals surface area contributed by atoms with E-state index in [0.717, 1.165) is 30.5 Å². The van der Waals surface area contributed by atoms with E-state index in [4.69, 9.17) is 11.6 Å². The highest BCUT2D eigenvalue weighted by molar-refractivity contribution is 6.30. The molecule has 0 saturated carbocycles. The minimum absolute atomic E-state index is 0.0972. The standard InChI is InChI=1S/C21H24ClNO2/c1-14-9-10-15(2)18(12-14)20(16-6-5-7-17(22)13-16)23-11-4-3-8-19(23)21(24)25/h5-7,9-10,12-13,19-20H,3-4,8,11H2,1-2H3,(H,24,25). The van der Waals surface area contributed by atoms with Crippen LogP contribution < -0.4 is 0 Å². The Balaban J connectivity index is 2.14. The van der Waals surface area contributed by atoms with Gasteiger partial charge in [-0.15, -0.1) is 0 Å². The van der Waals surface area contributed by atoms with Crippen LogP contribution >= 0.6 is 11.6 Å². The lowest BCUT2D eigenvalue weighted by atomic mass is 9.89. The molecule has 25 heavy (non-hydrogen) atoms.